The van der Waals surface area contributed by atoms with Crippen molar-refractivity contribution in [3.05, 3.63) is 53.3 Å². The van der Waals surface area contributed by atoms with Gasteiger partial charge in [0.15, 0.2) is 0 Å². The fourth-order valence-corrected chi connectivity index (χ4v) is 3.08. The van der Waals surface area contributed by atoms with Crippen LogP contribution in [0.25, 0.3) is 0 Å². The zero-order valence-electron chi connectivity index (χ0n) is 12.6. The van der Waals surface area contributed by atoms with Gasteiger partial charge in [-0.1, -0.05) is 24.3 Å². The van der Waals surface area contributed by atoms with E-state index in [1.54, 1.807) is 10.9 Å². The zero-order chi connectivity index (χ0) is 14.8. The molecule has 21 heavy (non-hydrogen) atoms. The number of likely N-dealkylation sites (tertiary alicyclic amines) is 1. The lowest BCUT2D eigenvalue weighted by Gasteiger charge is -2.17. The minimum atomic E-state index is 0.161. The molecule has 1 saturated heterocycles. The second kappa shape index (κ2) is 5.72. The van der Waals surface area contributed by atoms with E-state index in [1.165, 1.54) is 11.1 Å². The highest BCUT2D eigenvalue weighted by Crippen LogP contribution is 2.29. The first-order chi connectivity index (χ1) is 10.1. The van der Waals surface area contributed by atoms with Gasteiger partial charge in [0.25, 0.3) is 0 Å². The van der Waals surface area contributed by atoms with Crippen LogP contribution in [0, 0.1) is 13.8 Å². The molecule has 1 amide bonds. The van der Waals surface area contributed by atoms with Gasteiger partial charge in [-0.25, -0.2) is 0 Å². The Morgan fingerprint density at radius 3 is 2.86 bits per heavy atom. The van der Waals surface area contributed by atoms with Gasteiger partial charge in [-0.05, 0) is 37.0 Å². The van der Waals surface area contributed by atoms with E-state index in [9.17, 15) is 4.79 Å². The summed E-state index contributed by atoms with van der Waals surface area (Å²) in [5.74, 6) is 0.628. The smallest absolute Gasteiger partial charge is 0.244 e. The maximum absolute atomic E-state index is 12.4. The summed E-state index contributed by atoms with van der Waals surface area (Å²) in [6.45, 7) is 6.14. The van der Waals surface area contributed by atoms with Crippen LogP contribution in [0.5, 0.6) is 0 Å². The predicted molar refractivity (Wildman–Crippen MR) is 82.1 cm³/mol. The third-order valence-electron chi connectivity index (χ3n) is 4.23. The molecule has 1 fully saturated rings. The second-order valence-electron chi connectivity index (χ2n) is 5.90. The maximum atomic E-state index is 12.4. The molecule has 4 nitrogen and oxygen atoms in total. The van der Waals surface area contributed by atoms with Gasteiger partial charge in [0.2, 0.25) is 5.91 Å². The molecule has 1 atom stereocenters. The zero-order valence-corrected chi connectivity index (χ0v) is 12.6. The number of aryl methyl sites for hydroxylation is 2. The second-order valence-corrected chi connectivity index (χ2v) is 5.90. The van der Waals surface area contributed by atoms with E-state index in [2.05, 4.69) is 36.3 Å². The van der Waals surface area contributed by atoms with Crippen molar-refractivity contribution in [1.29, 1.82) is 0 Å². The van der Waals surface area contributed by atoms with Crippen LogP contribution in [-0.4, -0.2) is 33.7 Å². The van der Waals surface area contributed by atoms with Crippen LogP contribution in [0.4, 0.5) is 0 Å². The van der Waals surface area contributed by atoms with Crippen LogP contribution in [0.1, 0.15) is 29.0 Å². The summed E-state index contributed by atoms with van der Waals surface area (Å²) in [6.07, 6.45) is 4.74. The molecule has 3 rings (SSSR count). The molecule has 0 radical (unpaired) electrons. The quantitative estimate of drug-likeness (QED) is 0.868. The van der Waals surface area contributed by atoms with Crippen molar-refractivity contribution < 1.29 is 4.79 Å². The first kappa shape index (κ1) is 13.9. The van der Waals surface area contributed by atoms with Crippen LogP contribution in [0.3, 0.4) is 0 Å². The fourth-order valence-electron chi connectivity index (χ4n) is 3.08. The van der Waals surface area contributed by atoms with E-state index in [4.69, 9.17) is 0 Å². The van der Waals surface area contributed by atoms with Gasteiger partial charge >= 0.3 is 0 Å². The molecule has 1 aliphatic heterocycles. The first-order valence-corrected chi connectivity index (χ1v) is 7.46. The molecule has 0 N–H and O–H groups in total. The third-order valence-corrected chi connectivity index (χ3v) is 4.23. The number of hydrogen-bond acceptors (Lipinski definition) is 2. The van der Waals surface area contributed by atoms with Gasteiger partial charge < -0.3 is 4.90 Å². The van der Waals surface area contributed by atoms with Crippen molar-refractivity contribution in [3.8, 4) is 0 Å². The number of nitrogens with zero attached hydrogens (tertiary/aromatic N) is 3. The van der Waals surface area contributed by atoms with Gasteiger partial charge in [-0.15, -0.1) is 0 Å². The van der Waals surface area contributed by atoms with Crippen molar-refractivity contribution in [2.45, 2.75) is 32.7 Å². The van der Waals surface area contributed by atoms with E-state index in [-0.39, 0.29) is 5.91 Å². The number of aromatic nitrogens is 2. The van der Waals surface area contributed by atoms with E-state index in [0.29, 0.717) is 12.5 Å². The lowest BCUT2D eigenvalue weighted by Crippen LogP contribution is -2.31. The van der Waals surface area contributed by atoms with Crippen molar-refractivity contribution in [2.75, 3.05) is 13.1 Å². The molecule has 0 bridgehead atoms. The summed E-state index contributed by atoms with van der Waals surface area (Å²) in [5.41, 5.74) is 3.78. The first-order valence-electron chi connectivity index (χ1n) is 7.46. The van der Waals surface area contributed by atoms with Gasteiger partial charge in [-0.2, -0.15) is 5.10 Å². The highest BCUT2D eigenvalue weighted by molar-refractivity contribution is 5.76. The van der Waals surface area contributed by atoms with E-state index >= 15 is 0 Å². The highest BCUT2D eigenvalue weighted by atomic mass is 16.2. The number of amides is 1. The summed E-state index contributed by atoms with van der Waals surface area (Å²) in [5, 5.41) is 4.19. The van der Waals surface area contributed by atoms with Crippen LogP contribution in [-0.2, 0) is 11.3 Å². The molecule has 110 valence electrons. The summed E-state index contributed by atoms with van der Waals surface area (Å²) < 4.78 is 1.72. The van der Waals surface area contributed by atoms with Crippen LogP contribution in [0.2, 0.25) is 0 Å². The Labute approximate surface area is 125 Å². The third kappa shape index (κ3) is 2.99. The number of carbonyl (C=O) groups excluding carboxylic acids is 1. The van der Waals surface area contributed by atoms with Gasteiger partial charge in [0, 0.05) is 25.2 Å². The monoisotopic (exact) mass is 283 g/mol. The summed E-state index contributed by atoms with van der Waals surface area (Å²) in [6, 6.07) is 8.48. The van der Waals surface area contributed by atoms with Crippen molar-refractivity contribution >= 4 is 5.91 Å². The molecule has 0 saturated carbocycles. The number of rotatable bonds is 3. The van der Waals surface area contributed by atoms with Gasteiger partial charge in [0.05, 0.1) is 6.20 Å². The summed E-state index contributed by atoms with van der Waals surface area (Å²) in [4.78, 5) is 14.3. The topological polar surface area (TPSA) is 38.1 Å². The Hall–Kier alpha value is -2.10. The number of hydrogen-bond donors (Lipinski definition) is 0. The lowest BCUT2D eigenvalue weighted by atomic mass is 9.94. The Morgan fingerprint density at radius 2 is 2.14 bits per heavy atom. The molecular weight excluding hydrogens is 262 g/mol. The normalized spacial score (nSPS) is 18.2. The van der Waals surface area contributed by atoms with Crippen LogP contribution < -0.4 is 0 Å². The average Bonchev–Trinajstić information content (AvgIpc) is 3.09. The van der Waals surface area contributed by atoms with Crippen molar-refractivity contribution in [2.24, 2.45) is 0 Å². The Morgan fingerprint density at radius 1 is 1.33 bits per heavy atom. The van der Waals surface area contributed by atoms with E-state index < -0.39 is 0 Å². The SMILES string of the molecule is Cc1cnn(CC(=O)N2CC[C@@H](c3ccccc3C)C2)c1. The largest absolute Gasteiger partial charge is 0.340 e. The lowest BCUT2D eigenvalue weighted by molar-refractivity contribution is -0.131. The molecule has 0 spiro atoms. The summed E-state index contributed by atoms with van der Waals surface area (Å²) >= 11 is 0. The Balaban J connectivity index is 1.64. The van der Waals surface area contributed by atoms with Gasteiger partial charge in [-0.3, -0.25) is 9.48 Å². The minimum Gasteiger partial charge on any atom is -0.340 e. The van der Waals surface area contributed by atoms with Crippen LogP contribution in [0.15, 0.2) is 36.7 Å². The molecule has 1 aromatic heterocycles. The van der Waals surface area contributed by atoms with Crippen LogP contribution >= 0.6 is 0 Å². The Bertz CT molecular complexity index is 647. The fraction of sp³-hybridized carbons (Fsp3) is 0.412. The van der Waals surface area contributed by atoms with E-state index in [1.807, 2.05) is 18.0 Å². The molecule has 4 heteroatoms. The van der Waals surface area contributed by atoms with Crippen molar-refractivity contribution in [1.82, 2.24) is 14.7 Å². The molecule has 0 aliphatic carbocycles. The molecule has 0 unspecified atom stereocenters. The average molecular weight is 283 g/mol. The molecule has 2 heterocycles. The molecule has 1 aliphatic rings. The number of carbonyl (C=O) groups is 1. The van der Waals surface area contributed by atoms with Gasteiger partial charge in [0.1, 0.15) is 6.54 Å². The number of benzene rings is 1. The van der Waals surface area contributed by atoms with E-state index in [0.717, 1.165) is 25.1 Å². The maximum Gasteiger partial charge on any atom is 0.244 e. The standard InChI is InChI=1S/C17H21N3O/c1-13-9-18-20(10-13)12-17(21)19-8-7-15(11-19)16-6-4-3-5-14(16)2/h3-6,9-10,15H,7-8,11-12H2,1-2H3/t15-/m1/s1. The predicted octanol–water partition coefficient (Wildman–Crippen LogP) is 2.52. The van der Waals surface area contributed by atoms with Crippen molar-refractivity contribution in [3.63, 3.8) is 0 Å². The molecular formula is C17H21N3O. The molecule has 2 aromatic rings. The minimum absolute atomic E-state index is 0.161. The summed E-state index contributed by atoms with van der Waals surface area (Å²) in [7, 11) is 0. The Kier molecular flexibility index (Phi) is 3.78. The highest BCUT2D eigenvalue weighted by Gasteiger charge is 2.28. The molecule has 1 aromatic carbocycles.